The standard InChI is InChI=1S/C17H17NO2/c1-13(12-14-8-10-16(20-2)11-9-14)17(19)18-15-6-4-3-5-7-15/h3-12H,1-2H3,(H,18,19)/b13-12+. The van der Waals surface area contributed by atoms with Crippen LogP contribution >= 0.6 is 0 Å². The zero-order valence-corrected chi connectivity index (χ0v) is 11.6. The largest absolute Gasteiger partial charge is 0.497 e. The van der Waals surface area contributed by atoms with E-state index in [1.54, 1.807) is 14.0 Å². The van der Waals surface area contributed by atoms with Crippen molar-refractivity contribution in [3.8, 4) is 5.75 Å². The molecule has 3 heteroatoms. The van der Waals surface area contributed by atoms with Crippen LogP contribution < -0.4 is 10.1 Å². The van der Waals surface area contributed by atoms with Crippen molar-refractivity contribution in [3.05, 3.63) is 65.7 Å². The summed E-state index contributed by atoms with van der Waals surface area (Å²) < 4.78 is 5.10. The van der Waals surface area contributed by atoms with E-state index in [0.29, 0.717) is 5.57 Å². The number of carbonyl (C=O) groups excluding carboxylic acids is 1. The molecule has 0 spiro atoms. The first-order chi connectivity index (χ1) is 9.69. The van der Waals surface area contributed by atoms with E-state index in [1.807, 2.05) is 60.7 Å². The molecule has 2 rings (SSSR count). The van der Waals surface area contributed by atoms with Crippen molar-refractivity contribution >= 4 is 17.7 Å². The fourth-order valence-corrected chi connectivity index (χ4v) is 1.77. The molecule has 0 aliphatic heterocycles. The maximum absolute atomic E-state index is 12.0. The highest BCUT2D eigenvalue weighted by Crippen LogP contribution is 2.15. The minimum Gasteiger partial charge on any atom is -0.497 e. The number of anilines is 1. The SMILES string of the molecule is COc1ccc(/C=C(\C)C(=O)Nc2ccccc2)cc1. The number of carbonyl (C=O) groups is 1. The molecular formula is C17H17NO2. The Labute approximate surface area is 118 Å². The lowest BCUT2D eigenvalue weighted by Gasteiger charge is -2.05. The van der Waals surface area contributed by atoms with Crippen molar-refractivity contribution in [3.63, 3.8) is 0 Å². The second-order valence-corrected chi connectivity index (χ2v) is 4.42. The van der Waals surface area contributed by atoms with Crippen LogP contribution in [0.2, 0.25) is 0 Å². The molecule has 0 saturated heterocycles. The Morgan fingerprint density at radius 2 is 1.70 bits per heavy atom. The zero-order valence-electron chi connectivity index (χ0n) is 11.6. The first-order valence-electron chi connectivity index (χ1n) is 6.38. The lowest BCUT2D eigenvalue weighted by Crippen LogP contribution is -2.12. The molecule has 0 aliphatic rings. The Morgan fingerprint density at radius 1 is 1.05 bits per heavy atom. The highest BCUT2D eigenvalue weighted by molar-refractivity contribution is 6.06. The molecule has 2 aromatic carbocycles. The minimum absolute atomic E-state index is 0.105. The monoisotopic (exact) mass is 267 g/mol. The van der Waals surface area contributed by atoms with E-state index in [0.717, 1.165) is 17.0 Å². The second kappa shape index (κ2) is 6.57. The van der Waals surface area contributed by atoms with Gasteiger partial charge in [-0.25, -0.2) is 0 Å². The second-order valence-electron chi connectivity index (χ2n) is 4.42. The fraction of sp³-hybridized carbons (Fsp3) is 0.118. The van der Waals surface area contributed by atoms with Gasteiger partial charge in [-0.1, -0.05) is 30.3 Å². The highest BCUT2D eigenvalue weighted by atomic mass is 16.5. The summed E-state index contributed by atoms with van der Waals surface area (Å²) in [5.74, 6) is 0.695. The number of ether oxygens (including phenoxy) is 1. The Bertz CT molecular complexity index is 601. The maximum atomic E-state index is 12.0. The molecular weight excluding hydrogens is 250 g/mol. The van der Waals surface area contributed by atoms with E-state index in [2.05, 4.69) is 5.32 Å². The highest BCUT2D eigenvalue weighted by Gasteiger charge is 2.04. The summed E-state index contributed by atoms with van der Waals surface area (Å²) >= 11 is 0. The number of para-hydroxylation sites is 1. The lowest BCUT2D eigenvalue weighted by atomic mass is 10.1. The van der Waals surface area contributed by atoms with Crippen LogP contribution in [0, 0.1) is 0 Å². The van der Waals surface area contributed by atoms with Gasteiger partial charge in [-0.3, -0.25) is 4.79 Å². The van der Waals surface area contributed by atoms with E-state index < -0.39 is 0 Å². The average Bonchev–Trinajstić information content (AvgIpc) is 2.49. The van der Waals surface area contributed by atoms with E-state index in [-0.39, 0.29) is 5.91 Å². The van der Waals surface area contributed by atoms with Crippen molar-refractivity contribution in [2.45, 2.75) is 6.92 Å². The van der Waals surface area contributed by atoms with Gasteiger partial charge in [0, 0.05) is 11.3 Å². The van der Waals surface area contributed by atoms with Gasteiger partial charge >= 0.3 is 0 Å². The Kier molecular flexibility index (Phi) is 4.56. The first-order valence-corrected chi connectivity index (χ1v) is 6.38. The predicted molar refractivity (Wildman–Crippen MR) is 81.7 cm³/mol. The molecule has 0 unspecified atom stereocenters. The zero-order chi connectivity index (χ0) is 14.4. The van der Waals surface area contributed by atoms with Crippen molar-refractivity contribution in [2.75, 3.05) is 12.4 Å². The van der Waals surface area contributed by atoms with Crippen LogP contribution in [0.25, 0.3) is 6.08 Å². The predicted octanol–water partition coefficient (Wildman–Crippen LogP) is 3.74. The van der Waals surface area contributed by atoms with Gasteiger partial charge in [0.05, 0.1) is 7.11 Å². The molecule has 0 atom stereocenters. The van der Waals surface area contributed by atoms with Gasteiger partial charge in [0.15, 0.2) is 0 Å². The van der Waals surface area contributed by atoms with Crippen LogP contribution in [0.15, 0.2) is 60.2 Å². The molecule has 1 N–H and O–H groups in total. The summed E-state index contributed by atoms with van der Waals surface area (Å²) in [4.78, 5) is 12.0. The summed E-state index contributed by atoms with van der Waals surface area (Å²) in [7, 11) is 1.63. The van der Waals surface area contributed by atoms with Gasteiger partial charge in [-0.15, -0.1) is 0 Å². The van der Waals surface area contributed by atoms with E-state index >= 15 is 0 Å². The Hall–Kier alpha value is -2.55. The lowest BCUT2D eigenvalue weighted by molar-refractivity contribution is -0.112. The molecule has 0 fully saturated rings. The topological polar surface area (TPSA) is 38.3 Å². The Balaban J connectivity index is 2.07. The molecule has 20 heavy (non-hydrogen) atoms. The number of amides is 1. The van der Waals surface area contributed by atoms with Crippen LogP contribution in [-0.4, -0.2) is 13.0 Å². The number of nitrogens with one attached hydrogen (secondary N) is 1. The first kappa shape index (κ1) is 13.9. The Morgan fingerprint density at radius 3 is 2.30 bits per heavy atom. The molecule has 2 aromatic rings. The smallest absolute Gasteiger partial charge is 0.251 e. The third-order valence-corrected chi connectivity index (χ3v) is 2.89. The van der Waals surface area contributed by atoms with E-state index in [9.17, 15) is 4.79 Å². The van der Waals surface area contributed by atoms with Crippen molar-refractivity contribution in [1.29, 1.82) is 0 Å². The van der Waals surface area contributed by atoms with Crippen LogP contribution in [0.1, 0.15) is 12.5 Å². The number of hydrogen-bond donors (Lipinski definition) is 1. The minimum atomic E-state index is -0.105. The summed E-state index contributed by atoms with van der Waals surface area (Å²) in [5.41, 5.74) is 2.41. The molecule has 0 radical (unpaired) electrons. The normalized spacial score (nSPS) is 11.0. The summed E-state index contributed by atoms with van der Waals surface area (Å²) in [6.45, 7) is 1.79. The third-order valence-electron chi connectivity index (χ3n) is 2.89. The van der Waals surface area contributed by atoms with Crippen LogP contribution in [0.3, 0.4) is 0 Å². The van der Waals surface area contributed by atoms with Gasteiger partial charge < -0.3 is 10.1 Å². The van der Waals surface area contributed by atoms with Crippen molar-refractivity contribution < 1.29 is 9.53 Å². The van der Waals surface area contributed by atoms with E-state index in [4.69, 9.17) is 4.74 Å². The van der Waals surface area contributed by atoms with E-state index in [1.165, 1.54) is 0 Å². The third kappa shape index (κ3) is 3.72. The van der Waals surface area contributed by atoms with Crippen molar-refractivity contribution in [2.24, 2.45) is 0 Å². The van der Waals surface area contributed by atoms with Gasteiger partial charge in [-0.05, 0) is 42.8 Å². The number of hydrogen-bond acceptors (Lipinski definition) is 2. The molecule has 102 valence electrons. The summed E-state index contributed by atoms with van der Waals surface area (Å²) in [6, 6.07) is 17.0. The van der Waals surface area contributed by atoms with Crippen molar-refractivity contribution in [1.82, 2.24) is 0 Å². The fourth-order valence-electron chi connectivity index (χ4n) is 1.77. The molecule has 0 saturated carbocycles. The number of rotatable bonds is 4. The van der Waals surface area contributed by atoms with Crippen LogP contribution in [-0.2, 0) is 4.79 Å². The molecule has 0 aliphatic carbocycles. The quantitative estimate of drug-likeness (QED) is 0.857. The number of benzene rings is 2. The summed E-state index contributed by atoms with van der Waals surface area (Å²) in [6.07, 6.45) is 1.84. The average molecular weight is 267 g/mol. The van der Waals surface area contributed by atoms with Gasteiger partial charge in [0.2, 0.25) is 0 Å². The molecule has 1 amide bonds. The van der Waals surface area contributed by atoms with Crippen LogP contribution in [0.4, 0.5) is 5.69 Å². The summed E-state index contributed by atoms with van der Waals surface area (Å²) in [5, 5.41) is 2.85. The number of methoxy groups -OCH3 is 1. The van der Waals surface area contributed by atoms with Gasteiger partial charge in [0.1, 0.15) is 5.75 Å². The molecule has 0 heterocycles. The van der Waals surface area contributed by atoms with Gasteiger partial charge in [-0.2, -0.15) is 0 Å². The van der Waals surface area contributed by atoms with Crippen LogP contribution in [0.5, 0.6) is 5.75 Å². The van der Waals surface area contributed by atoms with Gasteiger partial charge in [0.25, 0.3) is 5.91 Å². The maximum Gasteiger partial charge on any atom is 0.251 e. The molecule has 0 bridgehead atoms. The molecule has 3 nitrogen and oxygen atoms in total. The molecule has 0 aromatic heterocycles.